The van der Waals surface area contributed by atoms with Crippen LogP contribution in [0.2, 0.25) is 0 Å². The normalized spacial score (nSPS) is 16.2. The van der Waals surface area contributed by atoms with Crippen molar-refractivity contribution in [1.82, 2.24) is 24.9 Å². The van der Waals surface area contributed by atoms with Crippen molar-refractivity contribution >= 4 is 23.6 Å². The van der Waals surface area contributed by atoms with Crippen molar-refractivity contribution in [3.05, 3.63) is 70.8 Å². The minimum Gasteiger partial charge on any atom is -0.477 e. The zero-order valence-corrected chi connectivity index (χ0v) is 22.1. The molecule has 2 aromatic heterocycles. The number of nitrogens with two attached hydrogens (primary N) is 1. The molecular weight excluding hydrogens is 512 g/mol. The number of aromatic carboxylic acids is 1. The molecule has 4 N–H and O–H groups in total. The predicted octanol–water partition coefficient (Wildman–Crippen LogP) is 4.05. The van der Waals surface area contributed by atoms with Crippen molar-refractivity contribution < 1.29 is 24.2 Å². The van der Waals surface area contributed by atoms with Gasteiger partial charge in [0, 0.05) is 6.07 Å². The van der Waals surface area contributed by atoms with Gasteiger partial charge in [0.15, 0.2) is 5.69 Å². The summed E-state index contributed by atoms with van der Waals surface area (Å²) in [6.07, 6.45) is 11.1. The van der Waals surface area contributed by atoms with E-state index in [4.69, 9.17) is 10.5 Å². The van der Waals surface area contributed by atoms with Gasteiger partial charge in [0.1, 0.15) is 18.6 Å². The molecule has 1 aromatic carbocycles. The molecule has 0 spiro atoms. The van der Waals surface area contributed by atoms with E-state index in [1.807, 2.05) is 13.0 Å². The standard InChI is InChI=1S/C21H19N5O5.C7H15N.CH4/c1-3-8-31-20(30)13-4-5-14-12(11(13)2)6-7-15(14)24-18(27)17-9-16(19(28)29)25-21-22-10-23-26(17)21;8-6-7-4-2-1-3-5-7;/h3-5,9-10,15H,1,6-8H2,2H3,(H,24,27)(H,28,29);7H,1-6,8H2;1H4/t15-;;/m0../s1. The molecule has 1 saturated carbocycles. The molecule has 3 aromatic rings. The number of hydrogen-bond acceptors (Lipinski definition) is 8. The topological polar surface area (TPSA) is 162 Å². The van der Waals surface area contributed by atoms with E-state index in [0.29, 0.717) is 18.4 Å². The predicted molar refractivity (Wildman–Crippen MR) is 150 cm³/mol. The third-order valence-electron chi connectivity index (χ3n) is 7.31. The van der Waals surface area contributed by atoms with Crippen LogP contribution in [0.1, 0.15) is 100 Å². The van der Waals surface area contributed by atoms with Crippen LogP contribution in [0.5, 0.6) is 0 Å². The van der Waals surface area contributed by atoms with E-state index < -0.39 is 17.8 Å². The number of carbonyl (C=O) groups excluding carboxylic acids is 2. The molecule has 0 saturated heterocycles. The Balaban J connectivity index is 0.000000423. The summed E-state index contributed by atoms with van der Waals surface area (Å²) >= 11 is 0. The first-order valence-electron chi connectivity index (χ1n) is 13.2. The van der Waals surface area contributed by atoms with Crippen molar-refractivity contribution in [2.75, 3.05) is 13.2 Å². The van der Waals surface area contributed by atoms with Gasteiger partial charge in [-0.15, -0.1) is 0 Å². The Morgan fingerprint density at radius 1 is 1.23 bits per heavy atom. The van der Waals surface area contributed by atoms with Crippen molar-refractivity contribution in [3.8, 4) is 0 Å². The Morgan fingerprint density at radius 3 is 2.62 bits per heavy atom. The molecule has 1 fully saturated rings. The number of aromatic nitrogens is 4. The summed E-state index contributed by atoms with van der Waals surface area (Å²) in [4.78, 5) is 44.3. The highest BCUT2D eigenvalue weighted by atomic mass is 16.5. The number of esters is 1. The molecule has 11 heteroatoms. The average Bonchev–Trinajstić information content (AvgIpc) is 3.59. The maximum Gasteiger partial charge on any atom is 0.354 e. The minimum atomic E-state index is -1.27. The van der Waals surface area contributed by atoms with Gasteiger partial charge < -0.3 is 20.9 Å². The van der Waals surface area contributed by atoms with Gasteiger partial charge in [-0.3, -0.25) is 4.79 Å². The molecule has 1 amide bonds. The maximum absolute atomic E-state index is 13.0. The summed E-state index contributed by atoms with van der Waals surface area (Å²) in [5.74, 6) is -1.29. The van der Waals surface area contributed by atoms with Gasteiger partial charge in [0.25, 0.3) is 11.7 Å². The third-order valence-corrected chi connectivity index (χ3v) is 7.31. The lowest BCUT2D eigenvalue weighted by Crippen LogP contribution is -2.29. The fraction of sp³-hybridized carbons (Fsp3) is 0.448. The number of carboxylic acids is 1. The molecule has 0 aliphatic heterocycles. The first-order valence-corrected chi connectivity index (χ1v) is 13.2. The highest BCUT2D eigenvalue weighted by Crippen LogP contribution is 2.35. The van der Waals surface area contributed by atoms with Gasteiger partial charge in [-0.2, -0.15) is 14.6 Å². The van der Waals surface area contributed by atoms with Crippen LogP contribution in [-0.2, 0) is 11.2 Å². The number of amides is 1. The van der Waals surface area contributed by atoms with Crippen LogP contribution < -0.4 is 11.1 Å². The molecule has 0 bridgehead atoms. The van der Waals surface area contributed by atoms with Gasteiger partial charge in [-0.25, -0.2) is 14.6 Å². The van der Waals surface area contributed by atoms with Crippen LogP contribution in [0.4, 0.5) is 0 Å². The summed E-state index contributed by atoms with van der Waals surface area (Å²) in [5.41, 5.74) is 8.43. The number of rotatable bonds is 7. The van der Waals surface area contributed by atoms with Gasteiger partial charge in [0.05, 0.1) is 11.6 Å². The average molecular weight is 551 g/mol. The van der Waals surface area contributed by atoms with Crippen molar-refractivity contribution in [1.29, 1.82) is 0 Å². The van der Waals surface area contributed by atoms with E-state index in [1.54, 1.807) is 6.07 Å². The Labute approximate surface area is 233 Å². The Morgan fingerprint density at radius 2 is 1.98 bits per heavy atom. The van der Waals surface area contributed by atoms with Crippen molar-refractivity contribution in [2.45, 2.75) is 65.3 Å². The van der Waals surface area contributed by atoms with Crippen LogP contribution in [-0.4, -0.2) is 55.7 Å². The van der Waals surface area contributed by atoms with Gasteiger partial charge in [-0.1, -0.05) is 45.4 Å². The molecule has 2 heterocycles. The largest absolute Gasteiger partial charge is 0.477 e. The van der Waals surface area contributed by atoms with E-state index in [0.717, 1.165) is 29.2 Å². The number of nitrogens with one attached hydrogen (secondary N) is 1. The fourth-order valence-electron chi connectivity index (χ4n) is 5.20. The first kappa shape index (κ1) is 30.4. The summed E-state index contributed by atoms with van der Waals surface area (Å²) < 4.78 is 6.33. The molecule has 0 radical (unpaired) electrons. The monoisotopic (exact) mass is 550 g/mol. The molecule has 214 valence electrons. The Hall–Kier alpha value is -4.12. The summed E-state index contributed by atoms with van der Waals surface area (Å²) in [5, 5.41) is 16.2. The quantitative estimate of drug-likeness (QED) is 0.291. The Kier molecular flexibility index (Phi) is 10.5. The van der Waals surface area contributed by atoms with E-state index in [2.05, 4.69) is 27.0 Å². The summed E-state index contributed by atoms with van der Waals surface area (Å²) in [6, 6.07) is 4.37. The number of nitrogens with zero attached hydrogens (tertiary/aromatic N) is 4. The number of ether oxygens (including phenoxy) is 1. The lowest BCUT2D eigenvalue weighted by molar-refractivity contribution is 0.0548. The van der Waals surface area contributed by atoms with Crippen LogP contribution in [0.3, 0.4) is 0 Å². The highest BCUT2D eigenvalue weighted by molar-refractivity contribution is 5.96. The molecule has 40 heavy (non-hydrogen) atoms. The zero-order chi connectivity index (χ0) is 27.9. The highest BCUT2D eigenvalue weighted by Gasteiger charge is 2.29. The number of fused-ring (bicyclic) bond motifs is 2. The van der Waals surface area contributed by atoms with E-state index in [9.17, 15) is 19.5 Å². The minimum absolute atomic E-state index is 0. The van der Waals surface area contributed by atoms with Crippen LogP contribution >= 0.6 is 0 Å². The smallest absolute Gasteiger partial charge is 0.354 e. The molecule has 0 unspecified atom stereocenters. The van der Waals surface area contributed by atoms with Gasteiger partial charge in [0.2, 0.25) is 0 Å². The maximum atomic E-state index is 13.0. The number of benzene rings is 1. The molecule has 5 rings (SSSR count). The van der Waals surface area contributed by atoms with Gasteiger partial charge >= 0.3 is 11.9 Å². The van der Waals surface area contributed by atoms with E-state index >= 15 is 0 Å². The number of hydrogen-bond donors (Lipinski definition) is 3. The molecule has 1 atom stereocenters. The summed E-state index contributed by atoms with van der Waals surface area (Å²) in [6.45, 7) is 6.44. The van der Waals surface area contributed by atoms with Gasteiger partial charge in [-0.05, 0) is 67.8 Å². The SMILES string of the molecule is C.C=CCOC(=O)c1ccc2c(c1C)CC[C@@H]2NC(=O)c1cc(C(=O)O)nc2ncnn12.NCC1CCCCC1. The molecular formula is C29H38N6O5. The van der Waals surface area contributed by atoms with Crippen molar-refractivity contribution in [2.24, 2.45) is 11.7 Å². The second kappa shape index (κ2) is 13.8. The fourth-order valence-corrected chi connectivity index (χ4v) is 5.20. The van der Waals surface area contributed by atoms with Crippen LogP contribution in [0.15, 0.2) is 37.2 Å². The number of carboxylic acid groups (broad SMARTS) is 1. The summed E-state index contributed by atoms with van der Waals surface area (Å²) in [7, 11) is 0. The number of carbonyl (C=O) groups is 3. The first-order chi connectivity index (χ1) is 18.8. The van der Waals surface area contributed by atoms with Crippen LogP contribution in [0, 0.1) is 12.8 Å². The lowest BCUT2D eigenvalue weighted by Gasteiger charge is -2.18. The Bertz CT molecular complexity index is 1380. The van der Waals surface area contributed by atoms with E-state index in [-0.39, 0.29) is 37.2 Å². The zero-order valence-electron chi connectivity index (χ0n) is 22.1. The second-order valence-electron chi connectivity index (χ2n) is 9.80. The third kappa shape index (κ3) is 6.71. The molecule has 2 aliphatic carbocycles. The molecule has 2 aliphatic rings. The second-order valence-corrected chi connectivity index (χ2v) is 9.80. The van der Waals surface area contributed by atoms with Crippen molar-refractivity contribution in [3.63, 3.8) is 0 Å². The van der Waals surface area contributed by atoms with E-state index in [1.165, 1.54) is 55.1 Å². The lowest BCUT2D eigenvalue weighted by atomic mass is 9.90. The van der Waals surface area contributed by atoms with Crippen LogP contribution in [0.25, 0.3) is 5.78 Å². The molecule has 11 nitrogen and oxygen atoms in total.